The van der Waals surface area contributed by atoms with Crippen molar-refractivity contribution in [3.8, 4) is 5.75 Å². The minimum absolute atomic E-state index is 0.0251. The van der Waals surface area contributed by atoms with Crippen LogP contribution in [0.5, 0.6) is 5.75 Å². The van der Waals surface area contributed by atoms with E-state index in [9.17, 15) is 9.59 Å². The molecule has 8 nitrogen and oxygen atoms in total. The summed E-state index contributed by atoms with van der Waals surface area (Å²) in [7, 11) is 5.80. The molecule has 2 saturated heterocycles. The first-order valence-corrected chi connectivity index (χ1v) is 11.5. The summed E-state index contributed by atoms with van der Waals surface area (Å²) in [4.78, 5) is 33.7. The molecule has 0 aliphatic carbocycles. The van der Waals surface area contributed by atoms with Gasteiger partial charge in [-0.05, 0) is 51.8 Å². The number of nitrogens with zero attached hydrogens (tertiary/aromatic N) is 4. The topological polar surface area (TPSA) is 65.6 Å². The quantitative estimate of drug-likeness (QED) is 0.604. The molecule has 0 aromatic heterocycles. The van der Waals surface area contributed by atoms with Crippen molar-refractivity contribution in [1.82, 2.24) is 19.6 Å². The van der Waals surface area contributed by atoms with Gasteiger partial charge in [-0.25, -0.2) is 0 Å². The molecule has 1 atom stereocenters. The van der Waals surface area contributed by atoms with Crippen LogP contribution in [0, 0.1) is 6.92 Å². The van der Waals surface area contributed by atoms with Crippen LogP contribution in [-0.2, 0) is 14.3 Å². The Labute approximate surface area is 196 Å². The third-order valence-corrected chi connectivity index (χ3v) is 6.44. The maximum absolute atomic E-state index is 13.2. The smallest absolute Gasteiger partial charge is 0.236 e. The SMILES string of the molecule is Cc1cc(OC[C@@]2(CC(=O)N3CCN(C)CC3)CN(C(=O)CN(C)C)CCO2)ccc1Cl. The minimum Gasteiger partial charge on any atom is -0.490 e. The highest BCUT2D eigenvalue weighted by Gasteiger charge is 2.42. The molecule has 2 heterocycles. The molecule has 0 radical (unpaired) electrons. The van der Waals surface area contributed by atoms with Crippen molar-refractivity contribution >= 4 is 23.4 Å². The molecular weight excluding hydrogens is 432 g/mol. The number of piperazine rings is 1. The van der Waals surface area contributed by atoms with Gasteiger partial charge in [-0.1, -0.05) is 11.6 Å². The molecular formula is C23H35ClN4O4. The van der Waals surface area contributed by atoms with Gasteiger partial charge in [0.15, 0.2) is 0 Å². The van der Waals surface area contributed by atoms with E-state index in [1.165, 1.54) is 0 Å². The van der Waals surface area contributed by atoms with Crippen molar-refractivity contribution in [2.45, 2.75) is 18.9 Å². The molecule has 32 heavy (non-hydrogen) atoms. The maximum atomic E-state index is 13.2. The van der Waals surface area contributed by atoms with Crippen LogP contribution < -0.4 is 4.74 Å². The molecule has 2 aliphatic rings. The average molecular weight is 467 g/mol. The van der Waals surface area contributed by atoms with Gasteiger partial charge in [0.1, 0.15) is 18.0 Å². The fraction of sp³-hybridized carbons (Fsp3) is 0.652. The molecule has 0 saturated carbocycles. The number of benzene rings is 1. The number of hydrogen-bond donors (Lipinski definition) is 0. The monoisotopic (exact) mass is 466 g/mol. The number of likely N-dealkylation sites (N-methyl/N-ethyl adjacent to an activating group) is 2. The molecule has 178 valence electrons. The second kappa shape index (κ2) is 10.8. The molecule has 2 aliphatic heterocycles. The molecule has 2 amide bonds. The molecule has 0 spiro atoms. The predicted molar refractivity (Wildman–Crippen MR) is 124 cm³/mol. The van der Waals surface area contributed by atoms with Gasteiger partial charge in [0.05, 0.1) is 26.1 Å². The normalized spacial score (nSPS) is 22.3. The van der Waals surface area contributed by atoms with E-state index in [1.54, 1.807) is 11.0 Å². The Morgan fingerprint density at radius 2 is 1.84 bits per heavy atom. The van der Waals surface area contributed by atoms with E-state index < -0.39 is 5.60 Å². The van der Waals surface area contributed by atoms with Crippen LogP contribution in [0.25, 0.3) is 0 Å². The third-order valence-electron chi connectivity index (χ3n) is 6.01. The zero-order valence-electron chi connectivity index (χ0n) is 19.6. The highest BCUT2D eigenvalue weighted by molar-refractivity contribution is 6.31. The third kappa shape index (κ3) is 6.57. The number of halogens is 1. The van der Waals surface area contributed by atoms with Crippen molar-refractivity contribution in [2.24, 2.45) is 0 Å². The molecule has 0 unspecified atom stereocenters. The van der Waals surface area contributed by atoms with Crippen LogP contribution >= 0.6 is 11.6 Å². The second-order valence-corrected chi connectivity index (χ2v) is 9.55. The Bertz CT molecular complexity index is 813. The Morgan fingerprint density at radius 3 is 2.50 bits per heavy atom. The first-order valence-electron chi connectivity index (χ1n) is 11.1. The van der Waals surface area contributed by atoms with Gasteiger partial charge in [0, 0.05) is 37.7 Å². The van der Waals surface area contributed by atoms with Gasteiger partial charge in [0.25, 0.3) is 0 Å². The first kappa shape index (κ1) is 24.8. The van der Waals surface area contributed by atoms with Gasteiger partial charge in [-0.15, -0.1) is 0 Å². The summed E-state index contributed by atoms with van der Waals surface area (Å²) in [6.07, 6.45) is 0.176. The zero-order valence-corrected chi connectivity index (χ0v) is 20.4. The predicted octanol–water partition coefficient (Wildman–Crippen LogP) is 1.35. The lowest BCUT2D eigenvalue weighted by Crippen LogP contribution is -2.60. The lowest BCUT2D eigenvalue weighted by atomic mass is 9.96. The van der Waals surface area contributed by atoms with Crippen LogP contribution in [0.4, 0.5) is 0 Å². The first-order chi connectivity index (χ1) is 15.2. The fourth-order valence-corrected chi connectivity index (χ4v) is 4.16. The Hall–Kier alpha value is -1.87. The van der Waals surface area contributed by atoms with Crippen molar-refractivity contribution < 1.29 is 19.1 Å². The van der Waals surface area contributed by atoms with E-state index in [4.69, 9.17) is 21.1 Å². The number of aryl methyl sites for hydroxylation is 1. The van der Waals surface area contributed by atoms with Crippen LogP contribution in [0.2, 0.25) is 5.02 Å². The molecule has 0 bridgehead atoms. The Morgan fingerprint density at radius 1 is 1.12 bits per heavy atom. The van der Waals surface area contributed by atoms with E-state index >= 15 is 0 Å². The summed E-state index contributed by atoms with van der Waals surface area (Å²) >= 11 is 6.14. The van der Waals surface area contributed by atoms with Crippen molar-refractivity contribution in [3.05, 3.63) is 28.8 Å². The van der Waals surface area contributed by atoms with Gasteiger partial charge in [-0.3, -0.25) is 9.59 Å². The number of rotatable bonds is 7. The zero-order chi connectivity index (χ0) is 23.3. The standard InChI is InChI=1S/C23H35ClN4O4/c1-18-13-19(5-6-20(18)24)31-17-23(14-21(29)27-9-7-26(4)8-10-27)16-28(11-12-32-23)22(30)15-25(2)3/h5-6,13H,7-12,14-17H2,1-4H3/t23-/m1/s1. The average Bonchev–Trinajstić information content (AvgIpc) is 2.75. The van der Waals surface area contributed by atoms with Gasteiger partial charge in [0.2, 0.25) is 11.8 Å². The molecule has 1 aromatic carbocycles. The lowest BCUT2D eigenvalue weighted by molar-refractivity contribution is -0.166. The summed E-state index contributed by atoms with van der Waals surface area (Å²) in [6, 6.07) is 5.47. The summed E-state index contributed by atoms with van der Waals surface area (Å²) in [6.45, 7) is 6.74. The fourth-order valence-electron chi connectivity index (χ4n) is 4.04. The van der Waals surface area contributed by atoms with E-state index in [1.807, 2.05) is 43.0 Å². The van der Waals surface area contributed by atoms with E-state index in [0.29, 0.717) is 50.1 Å². The number of hydrogen-bond acceptors (Lipinski definition) is 6. The summed E-state index contributed by atoms with van der Waals surface area (Å²) in [5, 5.41) is 0.673. The highest BCUT2D eigenvalue weighted by atomic mass is 35.5. The summed E-state index contributed by atoms with van der Waals surface area (Å²) in [5.41, 5.74) is 0.0212. The number of ether oxygens (including phenoxy) is 2. The molecule has 0 N–H and O–H groups in total. The minimum atomic E-state index is -0.895. The molecule has 9 heteroatoms. The van der Waals surface area contributed by atoms with Gasteiger partial charge < -0.3 is 29.1 Å². The van der Waals surface area contributed by atoms with Gasteiger partial charge >= 0.3 is 0 Å². The number of carbonyl (C=O) groups excluding carboxylic acids is 2. The van der Waals surface area contributed by atoms with Crippen molar-refractivity contribution in [1.29, 1.82) is 0 Å². The molecule has 1 aromatic rings. The van der Waals surface area contributed by atoms with Crippen molar-refractivity contribution in [2.75, 3.05) is 80.2 Å². The maximum Gasteiger partial charge on any atom is 0.236 e. The van der Waals surface area contributed by atoms with Crippen molar-refractivity contribution in [3.63, 3.8) is 0 Å². The number of morpholine rings is 1. The summed E-state index contributed by atoms with van der Waals surface area (Å²) < 4.78 is 12.3. The van der Waals surface area contributed by atoms with Crippen LogP contribution in [0.1, 0.15) is 12.0 Å². The second-order valence-electron chi connectivity index (χ2n) is 9.15. The number of carbonyl (C=O) groups is 2. The largest absolute Gasteiger partial charge is 0.490 e. The van der Waals surface area contributed by atoms with E-state index in [-0.39, 0.29) is 24.8 Å². The lowest BCUT2D eigenvalue weighted by Gasteiger charge is -2.43. The highest BCUT2D eigenvalue weighted by Crippen LogP contribution is 2.27. The molecule has 2 fully saturated rings. The van der Waals surface area contributed by atoms with E-state index in [2.05, 4.69) is 11.9 Å². The van der Waals surface area contributed by atoms with Crippen LogP contribution in [0.15, 0.2) is 18.2 Å². The van der Waals surface area contributed by atoms with Crippen LogP contribution in [0.3, 0.4) is 0 Å². The molecule has 3 rings (SSSR count). The van der Waals surface area contributed by atoms with Crippen LogP contribution in [-0.4, -0.2) is 117 Å². The Kier molecular flexibility index (Phi) is 8.38. The van der Waals surface area contributed by atoms with Gasteiger partial charge in [-0.2, -0.15) is 0 Å². The summed E-state index contributed by atoms with van der Waals surface area (Å²) in [5.74, 6) is 0.728. The van der Waals surface area contributed by atoms with E-state index in [0.717, 1.165) is 18.7 Å². The number of amides is 2. The Balaban J connectivity index is 1.75.